The van der Waals surface area contributed by atoms with Gasteiger partial charge in [0.25, 0.3) is 5.91 Å². The van der Waals surface area contributed by atoms with Gasteiger partial charge < -0.3 is 14.5 Å². The van der Waals surface area contributed by atoms with Crippen molar-refractivity contribution in [3.63, 3.8) is 0 Å². The van der Waals surface area contributed by atoms with Crippen LogP contribution in [0.5, 0.6) is 5.75 Å². The molecule has 0 aliphatic heterocycles. The summed E-state index contributed by atoms with van der Waals surface area (Å²) in [6, 6.07) is 12.2. The Balaban J connectivity index is 1.75. The molecule has 0 radical (unpaired) electrons. The van der Waals surface area contributed by atoms with Crippen LogP contribution in [0.1, 0.15) is 15.9 Å². The number of ether oxygens (including phenoxy) is 1. The molecule has 0 fully saturated rings. The number of rotatable bonds is 3. The van der Waals surface area contributed by atoms with E-state index in [-0.39, 0.29) is 23.5 Å². The van der Waals surface area contributed by atoms with Crippen molar-refractivity contribution in [2.45, 2.75) is 0 Å². The van der Waals surface area contributed by atoms with Gasteiger partial charge in [0.2, 0.25) is 0 Å². The van der Waals surface area contributed by atoms with Crippen LogP contribution in [0.15, 0.2) is 57.7 Å². The molecule has 0 saturated carbocycles. The van der Waals surface area contributed by atoms with Crippen LogP contribution in [-0.4, -0.2) is 19.6 Å². The fraction of sp³-hybridized carbons (Fsp3) is 0.100. The Morgan fingerprint density at radius 1 is 1.23 bits per heavy atom. The summed E-state index contributed by atoms with van der Waals surface area (Å²) in [6.07, 6.45) is 0. The number of methoxy groups -OCH3 is 1. The molecule has 0 bridgehead atoms. The largest absolute Gasteiger partial charge is 0.493 e. The summed E-state index contributed by atoms with van der Waals surface area (Å²) in [5.41, 5.74) is 0.0333. The van der Waals surface area contributed by atoms with Crippen molar-refractivity contribution in [2.24, 2.45) is 0 Å². The highest BCUT2D eigenvalue weighted by atomic mass is 19.1. The highest BCUT2D eigenvalue weighted by molar-refractivity contribution is 5.97. The Morgan fingerprint density at radius 2 is 2.00 bits per heavy atom. The van der Waals surface area contributed by atoms with Gasteiger partial charge in [0.15, 0.2) is 11.3 Å². The third-order valence-corrected chi connectivity index (χ3v) is 3.60. The molecule has 6 heteroatoms. The third kappa shape index (κ3) is 3.73. The molecule has 3 aromatic rings. The molecule has 0 saturated heterocycles. The Hall–Kier alpha value is -3.59. The highest BCUT2D eigenvalue weighted by Gasteiger charge is 2.14. The van der Waals surface area contributed by atoms with Crippen LogP contribution in [0.3, 0.4) is 0 Å². The predicted molar refractivity (Wildman–Crippen MR) is 94.6 cm³/mol. The number of nitrogens with one attached hydrogen (secondary N) is 1. The molecule has 0 aliphatic rings. The van der Waals surface area contributed by atoms with Crippen LogP contribution < -0.4 is 15.7 Å². The number of carbonyl (C=O) groups is 1. The summed E-state index contributed by atoms with van der Waals surface area (Å²) in [5, 5.41) is 3.11. The first-order valence-corrected chi connectivity index (χ1v) is 7.72. The van der Waals surface area contributed by atoms with Gasteiger partial charge in [-0.25, -0.2) is 9.18 Å². The number of fused-ring (bicyclic) bond motifs is 1. The van der Waals surface area contributed by atoms with E-state index in [9.17, 15) is 14.0 Å². The minimum absolute atomic E-state index is 0.0335. The van der Waals surface area contributed by atoms with E-state index in [2.05, 4.69) is 17.2 Å². The van der Waals surface area contributed by atoms with Crippen molar-refractivity contribution < 1.29 is 18.3 Å². The van der Waals surface area contributed by atoms with Gasteiger partial charge >= 0.3 is 5.63 Å². The molecule has 1 aromatic heterocycles. The van der Waals surface area contributed by atoms with E-state index in [1.54, 1.807) is 18.2 Å². The molecule has 0 atom stereocenters. The SMILES string of the molecule is COc1cccc2cc(C(=O)NCC#Cc3ccc(F)cc3)c(=O)oc12. The van der Waals surface area contributed by atoms with Crippen LogP contribution in [0.25, 0.3) is 11.0 Å². The molecule has 0 aliphatic carbocycles. The third-order valence-electron chi connectivity index (χ3n) is 3.60. The van der Waals surface area contributed by atoms with Crippen molar-refractivity contribution in [1.82, 2.24) is 5.32 Å². The van der Waals surface area contributed by atoms with Gasteiger partial charge in [0.05, 0.1) is 13.7 Å². The van der Waals surface area contributed by atoms with E-state index in [4.69, 9.17) is 9.15 Å². The van der Waals surface area contributed by atoms with E-state index >= 15 is 0 Å². The van der Waals surface area contributed by atoms with Crippen LogP contribution >= 0.6 is 0 Å². The number of hydrogen-bond acceptors (Lipinski definition) is 4. The average molecular weight is 351 g/mol. The van der Waals surface area contributed by atoms with E-state index in [1.807, 2.05) is 0 Å². The summed E-state index contributed by atoms with van der Waals surface area (Å²) in [4.78, 5) is 24.3. The minimum atomic E-state index is -0.758. The van der Waals surface area contributed by atoms with Crippen LogP contribution in [0.4, 0.5) is 4.39 Å². The molecule has 0 unspecified atom stereocenters. The zero-order valence-corrected chi connectivity index (χ0v) is 13.8. The first kappa shape index (κ1) is 17.2. The van der Waals surface area contributed by atoms with Crippen LogP contribution in [0, 0.1) is 17.7 Å². The Kier molecular flexibility index (Phi) is 4.99. The summed E-state index contributed by atoms with van der Waals surface area (Å²) in [6.45, 7) is 0.0335. The second kappa shape index (κ2) is 7.53. The van der Waals surface area contributed by atoms with Crippen molar-refractivity contribution in [1.29, 1.82) is 0 Å². The maximum atomic E-state index is 12.8. The first-order chi connectivity index (χ1) is 12.6. The van der Waals surface area contributed by atoms with Gasteiger partial charge in [0, 0.05) is 10.9 Å². The molecule has 26 heavy (non-hydrogen) atoms. The van der Waals surface area contributed by atoms with Gasteiger partial charge in [-0.15, -0.1) is 0 Å². The molecule has 0 spiro atoms. The number of amides is 1. The Labute approximate surface area is 148 Å². The number of benzene rings is 2. The van der Waals surface area contributed by atoms with Gasteiger partial charge in [-0.05, 0) is 36.4 Å². The monoisotopic (exact) mass is 351 g/mol. The molecule has 1 amide bonds. The molecule has 5 nitrogen and oxygen atoms in total. The Morgan fingerprint density at radius 3 is 2.73 bits per heavy atom. The van der Waals surface area contributed by atoms with Crippen molar-refractivity contribution in [3.05, 3.63) is 75.9 Å². The summed E-state index contributed by atoms with van der Waals surface area (Å²) in [5.74, 6) is 5.01. The number of para-hydroxylation sites is 1. The second-order valence-corrected chi connectivity index (χ2v) is 5.32. The number of carbonyl (C=O) groups excluding carboxylic acids is 1. The van der Waals surface area contributed by atoms with Gasteiger partial charge in [-0.3, -0.25) is 4.79 Å². The molecular formula is C20H14FNO4. The molecule has 1 heterocycles. The first-order valence-electron chi connectivity index (χ1n) is 7.72. The molecule has 2 aromatic carbocycles. The van der Waals surface area contributed by atoms with E-state index in [0.29, 0.717) is 16.7 Å². The maximum Gasteiger partial charge on any atom is 0.349 e. The smallest absolute Gasteiger partial charge is 0.349 e. The molecule has 130 valence electrons. The maximum absolute atomic E-state index is 12.8. The predicted octanol–water partition coefficient (Wildman–Crippen LogP) is 2.72. The topological polar surface area (TPSA) is 68.5 Å². The highest BCUT2D eigenvalue weighted by Crippen LogP contribution is 2.24. The molecule has 1 N–H and O–H groups in total. The lowest BCUT2D eigenvalue weighted by Crippen LogP contribution is -2.28. The zero-order valence-electron chi connectivity index (χ0n) is 13.8. The van der Waals surface area contributed by atoms with Gasteiger partial charge in [-0.2, -0.15) is 0 Å². The van der Waals surface area contributed by atoms with Crippen LogP contribution in [0.2, 0.25) is 0 Å². The normalized spacial score (nSPS) is 10.1. The van der Waals surface area contributed by atoms with Crippen molar-refractivity contribution in [2.75, 3.05) is 13.7 Å². The quantitative estimate of drug-likeness (QED) is 0.582. The van der Waals surface area contributed by atoms with Gasteiger partial charge in [-0.1, -0.05) is 24.0 Å². The zero-order chi connectivity index (χ0) is 18.5. The molecule has 3 rings (SSSR count). The minimum Gasteiger partial charge on any atom is -0.493 e. The van der Waals surface area contributed by atoms with E-state index < -0.39 is 11.5 Å². The van der Waals surface area contributed by atoms with E-state index in [0.717, 1.165) is 0 Å². The number of halogens is 1. The standard InChI is InChI=1S/C20H14FNO4/c1-25-17-6-2-5-14-12-16(20(24)26-18(14)17)19(23)22-11-3-4-13-7-9-15(21)10-8-13/h2,5-10,12H,11H2,1H3,(H,22,23). The average Bonchev–Trinajstić information content (AvgIpc) is 2.65. The second-order valence-electron chi connectivity index (χ2n) is 5.32. The number of hydrogen-bond donors (Lipinski definition) is 1. The summed E-state index contributed by atoms with van der Waals surface area (Å²) >= 11 is 0. The summed E-state index contributed by atoms with van der Waals surface area (Å²) < 4.78 is 23.2. The van der Waals surface area contributed by atoms with Crippen molar-refractivity contribution in [3.8, 4) is 17.6 Å². The van der Waals surface area contributed by atoms with Gasteiger partial charge in [0.1, 0.15) is 11.4 Å². The lowest BCUT2D eigenvalue weighted by Gasteiger charge is -2.05. The lowest BCUT2D eigenvalue weighted by molar-refractivity contribution is 0.0955. The van der Waals surface area contributed by atoms with Crippen LogP contribution in [-0.2, 0) is 0 Å². The lowest BCUT2D eigenvalue weighted by atomic mass is 10.1. The fourth-order valence-corrected chi connectivity index (χ4v) is 2.34. The van der Waals surface area contributed by atoms with Crippen molar-refractivity contribution >= 4 is 16.9 Å². The summed E-state index contributed by atoms with van der Waals surface area (Å²) in [7, 11) is 1.47. The van der Waals surface area contributed by atoms with E-state index in [1.165, 1.54) is 37.4 Å². The molecular weight excluding hydrogens is 337 g/mol. The Bertz CT molecular complexity index is 1070. The fourth-order valence-electron chi connectivity index (χ4n) is 2.34.